The Hall–Kier alpha value is -0.380. The molecule has 1 fully saturated rings. The number of nitrogens with zero attached hydrogens (tertiary/aromatic N) is 1. The molecule has 5 nitrogen and oxygen atoms in total. The van der Waals surface area contributed by atoms with Crippen molar-refractivity contribution in [3.63, 3.8) is 0 Å². The van der Waals surface area contributed by atoms with Crippen molar-refractivity contribution in [1.82, 2.24) is 0 Å². The fraction of sp³-hybridized carbons (Fsp3) is 0.300. The van der Waals surface area contributed by atoms with Gasteiger partial charge in [0, 0.05) is 16.5 Å². The van der Waals surface area contributed by atoms with E-state index in [9.17, 15) is 13.2 Å². The number of primary sulfonamides is 1. The van der Waals surface area contributed by atoms with Gasteiger partial charge < -0.3 is 4.90 Å². The van der Waals surface area contributed by atoms with Crippen LogP contribution in [0.3, 0.4) is 0 Å². The molecule has 1 aromatic rings. The Morgan fingerprint density at radius 2 is 2.11 bits per heavy atom. The minimum Gasteiger partial charge on any atom is -0.310 e. The fourth-order valence-electron chi connectivity index (χ4n) is 1.83. The van der Waals surface area contributed by atoms with Gasteiger partial charge in [0.15, 0.2) is 0 Å². The molecule has 0 saturated carbocycles. The van der Waals surface area contributed by atoms with Crippen LogP contribution in [0.4, 0.5) is 5.69 Å². The largest absolute Gasteiger partial charge is 0.310 e. The predicted molar refractivity (Wildman–Crippen MR) is 78.0 cm³/mol. The standard InChI is InChI=1S/C10H10ClIN2O3S/c11-8-3-6(12)1-2-9(8)14-5-7(4-10(14)15)18(13,16)17/h1-3,7H,4-5H2,(H2,13,16,17). The third-order valence-electron chi connectivity index (χ3n) is 2.75. The summed E-state index contributed by atoms with van der Waals surface area (Å²) < 4.78 is 23.5. The van der Waals surface area contributed by atoms with Crippen molar-refractivity contribution in [2.75, 3.05) is 11.4 Å². The topological polar surface area (TPSA) is 80.5 Å². The molecule has 18 heavy (non-hydrogen) atoms. The highest BCUT2D eigenvalue weighted by atomic mass is 127. The van der Waals surface area contributed by atoms with Gasteiger partial charge in [-0.2, -0.15) is 0 Å². The maximum Gasteiger partial charge on any atom is 0.228 e. The molecule has 1 atom stereocenters. The average Bonchev–Trinajstić information content (AvgIpc) is 2.60. The summed E-state index contributed by atoms with van der Waals surface area (Å²) in [6.45, 7) is 0.0536. The Morgan fingerprint density at radius 1 is 1.44 bits per heavy atom. The van der Waals surface area contributed by atoms with Crippen LogP contribution < -0.4 is 10.0 Å². The number of carbonyl (C=O) groups is 1. The predicted octanol–water partition coefficient (Wildman–Crippen LogP) is 1.34. The maximum absolute atomic E-state index is 11.8. The lowest BCUT2D eigenvalue weighted by molar-refractivity contribution is -0.117. The van der Waals surface area contributed by atoms with E-state index in [1.54, 1.807) is 18.2 Å². The number of amides is 1. The van der Waals surface area contributed by atoms with E-state index >= 15 is 0 Å². The van der Waals surface area contributed by atoms with E-state index in [1.807, 2.05) is 0 Å². The van der Waals surface area contributed by atoms with Crippen LogP contribution in [0, 0.1) is 3.57 Å². The van der Waals surface area contributed by atoms with Gasteiger partial charge in [-0.05, 0) is 40.8 Å². The number of hydrogen-bond acceptors (Lipinski definition) is 3. The van der Waals surface area contributed by atoms with Gasteiger partial charge in [-0.15, -0.1) is 0 Å². The molecule has 0 spiro atoms. The molecule has 1 amide bonds. The molecule has 1 saturated heterocycles. The highest BCUT2D eigenvalue weighted by Crippen LogP contribution is 2.31. The first-order valence-electron chi connectivity index (χ1n) is 5.06. The van der Waals surface area contributed by atoms with Gasteiger partial charge in [-0.25, -0.2) is 13.6 Å². The van der Waals surface area contributed by atoms with Crippen LogP contribution in [0.15, 0.2) is 18.2 Å². The molecule has 2 N–H and O–H groups in total. The molecule has 0 aliphatic carbocycles. The van der Waals surface area contributed by atoms with Crippen molar-refractivity contribution in [3.8, 4) is 0 Å². The molecule has 98 valence electrons. The molecule has 0 bridgehead atoms. The zero-order chi connectivity index (χ0) is 13.5. The molecule has 1 aromatic carbocycles. The van der Waals surface area contributed by atoms with Gasteiger partial charge in [-0.1, -0.05) is 11.6 Å². The Labute approximate surface area is 123 Å². The Morgan fingerprint density at radius 3 is 2.61 bits per heavy atom. The molecule has 1 unspecified atom stereocenters. The fourth-order valence-corrected chi connectivity index (χ4v) is 3.52. The number of hydrogen-bond donors (Lipinski definition) is 1. The molecule has 0 radical (unpaired) electrons. The Kier molecular flexibility index (Phi) is 3.86. The van der Waals surface area contributed by atoms with Crippen molar-refractivity contribution in [1.29, 1.82) is 0 Å². The first-order valence-corrected chi connectivity index (χ1v) is 8.12. The van der Waals surface area contributed by atoms with Crippen molar-refractivity contribution >= 4 is 55.8 Å². The van der Waals surface area contributed by atoms with Crippen LogP contribution in [0.25, 0.3) is 0 Å². The van der Waals surface area contributed by atoms with E-state index in [-0.39, 0.29) is 18.9 Å². The minimum atomic E-state index is -3.70. The number of halogens is 2. The number of sulfonamides is 1. The first kappa shape index (κ1) is 14.0. The molecule has 1 heterocycles. The lowest BCUT2D eigenvalue weighted by atomic mass is 10.3. The summed E-state index contributed by atoms with van der Waals surface area (Å²) in [4.78, 5) is 13.2. The number of carbonyl (C=O) groups excluding carboxylic acids is 1. The van der Waals surface area contributed by atoms with E-state index < -0.39 is 15.3 Å². The summed E-state index contributed by atoms with van der Waals surface area (Å²) in [6, 6.07) is 5.22. The van der Waals surface area contributed by atoms with E-state index in [4.69, 9.17) is 16.7 Å². The number of rotatable bonds is 2. The second-order valence-electron chi connectivity index (χ2n) is 4.02. The lowest BCUT2D eigenvalue weighted by Gasteiger charge is -2.17. The molecular formula is C10H10ClIN2O3S. The second kappa shape index (κ2) is 4.95. The van der Waals surface area contributed by atoms with Crippen molar-refractivity contribution < 1.29 is 13.2 Å². The SMILES string of the molecule is NS(=O)(=O)C1CC(=O)N(c2ccc(I)cc2Cl)C1. The van der Waals surface area contributed by atoms with Crippen LogP contribution in [0.5, 0.6) is 0 Å². The van der Waals surface area contributed by atoms with Crippen LogP contribution >= 0.6 is 34.2 Å². The summed E-state index contributed by atoms with van der Waals surface area (Å²) in [5, 5.41) is 4.63. The van der Waals surface area contributed by atoms with Crippen molar-refractivity contribution in [2.45, 2.75) is 11.7 Å². The highest BCUT2D eigenvalue weighted by molar-refractivity contribution is 14.1. The molecular weight excluding hydrogens is 391 g/mol. The molecule has 2 rings (SSSR count). The van der Waals surface area contributed by atoms with Crippen molar-refractivity contribution in [3.05, 3.63) is 26.8 Å². The van der Waals surface area contributed by atoms with Crippen LogP contribution in [-0.4, -0.2) is 26.1 Å². The average molecular weight is 401 g/mol. The zero-order valence-corrected chi connectivity index (χ0v) is 12.9. The van der Waals surface area contributed by atoms with Crippen molar-refractivity contribution in [2.24, 2.45) is 5.14 Å². The molecule has 1 aliphatic heterocycles. The summed E-state index contributed by atoms with van der Waals surface area (Å²) >= 11 is 8.16. The second-order valence-corrected chi connectivity index (χ2v) is 7.51. The maximum atomic E-state index is 11.8. The number of benzene rings is 1. The molecule has 0 aromatic heterocycles. The number of anilines is 1. The smallest absolute Gasteiger partial charge is 0.228 e. The third-order valence-corrected chi connectivity index (χ3v) is 4.97. The Bertz CT molecular complexity index is 605. The van der Waals surface area contributed by atoms with E-state index in [0.717, 1.165) is 3.57 Å². The minimum absolute atomic E-state index is 0.0536. The van der Waals surface area contributed by atoms with Crippen LogP contribution in [-0.2, 0) is 14.8 Å². The monoisotopic (exact) mass is 400 g/mol. The van der Waals surface area contributed by atoms with Gasteiger partial charge >= 0.3 is 0 Å². The number of nitrogens with two attached hydrogens (primary N) is 1. The molecule has 8 heteroatoms. The highest BCUT2D eigenvalue weighted by Gasteiger charge is 2.37. The van der Waals surface area contributed by atoms with Gasteiger partial charge in [0.05, 0.1) is 10.7 Å². The molecule has 1 aliphatic rings. The summed E-state index contributed by atoms with van der Waals surface area (Å²) in [7, 11) is -3.70. The summed E-state index contributed by atoms with van der Waals surface area (Å²) in [5.74, 6) is -0.280. The summed E-state index contributed by atoms with van der Waals surface area (Å²) in [6.07, 6.45) is -0.0961. The van der Waals surface area contributed by atoms with Gasteiger partial charge in [0.25, 0.3) is 0 Å². The normalized spacial score (nSPS) is 20.5. The van der Waals surface area contributed by atoms with Gasteiger partial charge in [-0.3, -0.25) is 4.79 Å². The van der Waals surface area contributed by atoms with E-state index in [2.05, 4.69) is 22.6 Å². The lowest BCUT2D eigenvalue weighted by Crippen LogP contribution is -2.32. The quantitative estimate of drug-likeness (QED) is 0.761. The van der Waals surface area contributed by atoms with Crippen LogP contribution in [0.1, 0.15) is 6.42 Å². The van der Waals surface area contributed by atoms with Crippen LogP contribution in [0.2, 0.25) is 5.02 Å². The van der Waals surface area contributed by atoms with E-state index in [0.29, 0.717) is 10.7 Å². The summed E-state index contributed by atoms with van der Waals surface area (Å²) in [5.41, 5.74) is 0.522. The van der Waals surface area contributed by atoms with Gasteiger partial charge in [0.2, 0.25) is 15.9 Å². The zero-order valence-electron chi connectivity index (χ0n) is 9.14. The van der Waals surface area contributed by atoms with E-state index in [1.165, 1.54) is 4.90 Å². The van der Waals surface area contributed by atoms with Gasteiger partial charge in [0.1, 0.15) is 5.25 Å². The third kappa shape index (κ3) is 2.79. The first-order chi connectivity index (χ1) is 8.29. The Balaban J connectivity index is 2.33.